The molecule has 0 amide bonds. The van der Waals surface area contributed by atoms with E-state index in [4.69, 9.17) is 11.6 Å². The molecule has 3 nitrogen and oxygen atoms in total. The first kappa shape index (κ1) is 13.8. The third kappa shape index (κ3) is 2.81. The summed E-state index contributed by atoms with van der Waals surface area (Å²) in [5.74, 6) is 0.461. The zero-order chi connectivity index (χ0) is 14.8. The number of aromatic nitrogens is 2. The summed E-state index contributed by atoms with van der Waals surface area (Å²) in [4.78, 5) is 10.4. The Morgan fingerprint density at radius 3 is 2.57 bits per heavy atom. The van der Waals surface area contributed by atoms with Crippen molar-refractivity contribution < 1.29 is 4.39 Å². The van der Waals surface area contributed by atoms with E-state index in [2.05, 4.69) is 9.97 Å². The summed E-state index contributed by atoms with van der Waals surface area (Å²) in [5.41, 5.74) is 1.38. The van der Waals surface area contributed by atoms with Crippen molar-refractivity contribution in [2.75, 3.05) is 11.9 Å². The summed E-state index contributed by atoms with van der Waals surface area (Å²) in [5, 5.41) is 1.07. The maximum Gasteiger partial charge on any atom is 0.224 e. The minimum atomic E-state index is -0.228. The van der Waals surface area contributed by atoms with Crippen LogP contribution in [0.5, 0.6) is 0 Å². The van der Waals surface area contributed by atoms with Gasteiger partial charge in [0, 0.05) is 24.5 Å². The van der Waals surface area contributed by atoms with Gasteiger partial charge in [-0.1, -0.05) is 30.3 Å². The molecule has 0 bridgehead atoms. The van der Waals surface area contributed by atoms with Crippen molar-refractivity contribution in [2.24, 2.45) is 0 Å². The van der Waals surface area contributed by atoms with Crippen molar-refractivity contribution in [3.8, 4) is 0 Å². The quantitative estimate of drug-likeness (QED) is 0.683. The van der Waals surface area contributed by atoms with Gasteiger partial charge in [0.2, 0.25) is 5.28 Å². The number of rotatable bonds is 3. The summed E-state index contributed by atoms with van der Waals surface area (Å²) in [7, 11) is 1.86. The fourth-order valence-corrected chi connectivity index (χ4v) is 2.45. The van der Waals surface area contributed by atoms with Crippen LogP contribution in [0.2, 0.25) is 5.28 Å². The number of benzene rings is 2. The topological polar surface area (TPSA) is 29.0 Å². The average molecular weight is 302 g/mol. The fraction of sp³-hybridized carbons (Fsp3) is 0.125. The monoisotopic (exact) mass is 301 g/mol. The van der Waals surface area contributed by atoms with E-state index >= 15 is 0 Å². The average Bonchev–Trinajstić information content (AvgIpc) is 2.48. The fourth-order valence-electron chi connectivity index (χ4n) is 2.28. The minimum absolute atomic E-state index is 0.184. The lowest BCUT2D eigenvalue weighted by molar-refractivity contribution is 0.607. The standard InChI is InChI=1S/C16H13ClFN3/c1-21(10-11-6-2-4-8-13(11)18)15-12-7-3-5-9-14(12)19-16(17)20-15/h2-9H,10H2,1H3. The Kier molecular flexibility index (Phi) is 3.71. The number of hydrogen-bond acceptors (Lipinski definition) is 3. The van der Waals surface area contributed by atoms with Crippen LogP contribution in [-0.2, 0) is 6.54 Å². The van der Waals surface area contributed by atoms with Gasteiger partial charge in [-0.25, -0.2) is 9.37 Å². The van der Waals surface area contributed by atoms with E-state index in [9.17, 15) is 4.39 Å². The van der Waals surface area contributed by atoms with Gasteiger partial charge in [-0.05, 0) is 29.8 Å². The van der Waals surface area contributed by atoms with Crippen LogP contribution >= 0.6 is 11.6 Å². The molecule has 0 N–H and O–H groups in total. The van der Waals surface area contributed by atoms with Crippen LogP contribution in [-0.4, -0.2) is 17.0 Å². The molecule has 2 aromatic carbocycles. The second kappa shape index (κ2) is 5.66. The van der Waals surface area contributed by atoms with Crippen molar-refractivity contribution >= 4 is 28.3 Å². The maximum atomic E-state index is 13.8. The molecule has 106 valence electrons. The molecule has 0 aliphatic rings. The predicted molar refractivity (Wildman–Crippen MR) is 83.1 cm³/mol. The van der Waals surface area contributed by atoms with Crippen LogP contribution in [0, 0.1) is 5.82 Å². The highest BCUT2D eigenvalue weighted by atomic mass is 35.5. The van der Waals surface area contributed by atoms with Crippen molar-refractivity contribution in [2.45, 2.75) is 6.54 Å². The van der Waals surface area contributed by atoms with Crippen molar-refractivity contribution in [3.05, 3.63) is 65.2 Å². The molecule has 0 aliphatic carbocycles. The number of hydrogen-bond donors (Lipinski definition) is 0. The SMILES string of the molecule is CN(Cc1ccccc1F)c1nc(Cl)nc2ccccc12. The number of nitrogens with zero attached hydrogens (tertiary/aromatic N) is 3. The molecule has 5 heteroatoms. The van der Waals surface area contributed by atoms with Gasteiger partial charge in [0.25, 0.3) is 0 Å². The Morgan fingerprint density at radius 2 is 1.76 bits per heavy atom. The first-order chi connectivity index (χ1) is 10.1. The van der Waals surface area contributed by atoms with Crippen LogP contribution in [0.1, 0.15) is 5.56 Å². The van der Waals surface area contributed by atoms with Gasteiger partial charge in [0.1, 0.15) is 11.6 Å². The molecule has 21 heavy (non-hydrogen) atoms. The summed E-state index contributed by atoms with van der Waals surface area (Å²) in [6.07, 6.45) is 0. The lowest BCUT2D eigenvalue weighted by Gasteiger charge is -2.20. The van der Waals surface area contributed by atoms with Crippen LogP contribution < -0.4 is 4.90 Å². The molecule has 0 fully saturated rings. The molecule has 0 radical (unpaired) electrons. The lowest BCUT2D eigenvalue weighted by Crippen LogP contribution is -2.19. The first-order valence-electron chi connectivity index (χ1n) is 6.52. The maximum absolute atomic E-state index is 13.8. The van der Waals surface area contributed by atoms with Crippen LogP contribution in [0.4, 0.5) is 10.2 Å². The Balaban J connectivity index is 2.02. The lowest BCUT2D eigenvalue weighted by atomic mass is 10.2. The summed E-state index contributed by atoms with van der Waals surface area (Å²) in [6.45, 7) is 0.407. The highest BCUT2D eigenvalue weighted by molar-refractivity contribution is 6.28. The van der Waals surface area contributed by atoms with Gasteiger partial charge >= 0.3 is 0 Å². The van der Waals surface area contributed by atoms with E-state index in [0.29, 0.717) is 17.9 Å². The highest BCUT2D eigenvalue weighted by Crippen LogP contribution is 2.25. The van der Waals surface area contributed by atoms with E-state index in [1.807, 2.05) is 42.3 Å². The third-order valence-corrected chi connectivity index (χ3v) is 3.45. The number of halogens is 2. The van der Waals surface area contributed by atoms with E-state index in [1.54, 1.807) is 12.1 Å². The molecule has 0 spiro atoms. The van der Waals surface area contributed by atoms with Crippen molar-refractivity contribution in [3.63, 3.8) is 0 Å². The molecule has 3 rings (SSSR count). The summed E-state index contributed by atoms with van der Waals surface area (Å²) in [6, 6.07) is 14.3. The molecule has 0 saturated heterocycles. The third-order valence-electron chi connectivity index (χ3n) is 3.28. The number of anilines is 1. The van der Waals surface area contributed by atoms with E-state index in [0.717, 1.165) is 10.9 Å². The molecular weight excluding hydrogens is 289 g/mol. The molecular formula is C16H13ClFN3. The smallest absolute Gasteiger partial charge is 0.224 e. The molecule has 0 aliphatic heterocycles. The Bertz CT molecular complexity index is 791. The Morgan fingerprint density at radius 1 is 1.05 bits per heavy atom. The zero-order valence-electron chi connectivity index (χ0n) is 11.4. The minimum Gasteiger partial charge on any atom is -0.355 e. The largest absolute Gasteiger partial charge is 0.355 e. The van der Waals surface area contributed by atoms with Gasteiger partial charge in [-0.2, -0.15) is 4.98 Å². The number of fused-ring (bicyclic) bond motifs is 1. The molecule has 0 unspecified atom stereocenters. The van der Waals surface area contributed by atoms with Gasteiger partial charge < -0.3 is 4.90 Å². The normalized spacial score (nSPS) is 10.8. The Labute approximate surface area is 127 Å². The summed E-state index contributed by atoms with van der Waals surface area (Å²) < 4.78 is 13.8. The van der Waals surface area contributed by atoms with E-state index in [1.165, 1.54) is 6.07 Å². The van der Waals surface area contributed by atoms with Crippen molar-refractivity contribution in [1.29, 1.82) is 0 Å². The first-order valence-corrected chi connectivity index (χ1v) is 6.90. The molecule has 1 heterocycles. The van der Waals surface area contributed by atoms with Crippen LogP contribution in [0.25, 0.3) is 10.9 Å². The van der Waals surface area contributed by atoms with Gasteiger partial charge in [-0.3, -0.25) is 0 Å². The van der Waals surface area contributed by atoms with Gasteiger partial charge in [0.15, 0.2) is 0 Å². The van der Waals surface area contributed by atoms with Crippen LogP contribution in [0.15, 0.2) is 48.5 Å². The van der Waals surface area contributed by atoms with Crippen molar-refractivity contribution in [1.82, 2.24) is 9.97 Å². The highest BCUT2D eigenvalue weighted by Gasteiger charge is 2.12. The summed E-state index contributed by atoms with van der Waals surface area (Å²) >= 11 is 5.98. The van der Waals surface area contributed by atoms with Gasteiger partial charge in [0.05, 0.1) is 5.52 Å². The zero-order valence-corrected chi connectivity index (χ0v) is 12.2. The molecule has 3 aromatic rings. The van der Waals surface area contributed by atoms with E-state index in [-0.39, 0.29) is 11.1 Å². The van der Waals surface area contributed by atoms with E-state index < -0.39 is 0 Å². The van der Waals surface area contributed by atoms with Gasteiger partial charge in [-0.15, -0.1) is 0 Å². The van der Waals surface area contributed by atoms with Crippen LogP contribution in [0.3, 0.4) is 0 Å². The molecule has 1 aromatic heterocycles. The Hall–Kier alpha value is -2.20. The second-order valence-electron chi connectivity index (χ2n) is 4.78. The predicted octanol–water partition coefficient (Wildman–Crippen LogP) is 4.06. The molecule has 0 saturated carbocycles. The molecule has 0 atom stereocenters. The number of para-hydroxylation sites is 1. The second-order valence-corrected chi connectivity index (χ2v) is 5.12.